The second-order valence-electron chi connectivity index (χ2n) is 5.12. The smallest absolute Gasteiger partial charge is 0.339 e. The van der Waals surface area contributed by atoms with Crippen LogP contribution in [-0.4, -0.2) is 22.9 Å². The van der Waals surface area contributed by atoms with E-state index in [2.05, 4.69) is 5.32 Å². The number of halogens is 1. The van der Waals surface area contributed by atoms with Crippen molar-refractivity contribution in [1.82, 2.24) is 0 Å². The maximum Gasteiger partial charge on any atom is 0.339 e. The molecule has 0 unspecified atom stereocenters. The summed E-state index contributed by atoms with van der Waals surface area (Å²) in [6.07, 6.45) is -1.19. The minimum Gasteiger partial charge on any atom is -0.449 e. The zero-order valence-corrected chi connectivity index (χ0v) is 14.2. The fraction of sp³-hybridized carbons (Fsp3) is 0.118. The summed E-state index contributed by atoms with van der Waals surface area (Å²) in [5.74, 6) is -1.56. The standard InChI is InChI=1S/C17H12ClN3O5/c1-10(16(22)20-14-5-3-2-4-12(14)9-19)26-17(23)11-6-7-13(18)15(8-11)21(24)25/h2-8,10H,1H3,(H,20,22)/t10-/m1/s1. The van der Waals surface area contributed by atoms with E-state index in [9.17, 15) is 19.7 Å². The van der Waals surface area contributed by atoms with Crippen LogP contribution in [0.25, 0.3) is 0 Å². The number of carbonyl (C=O) groups excluding carboxylic acids is 2. The fourth-order valence-electron chi connectivity index (χ4n) is 1.99. The van der Waals surface area contributed by atoms with Gasteiger partial charge in [0.1, 0.15) is 11.1 Å². The third-order valence-electron chi connectivity index (χ3n) is 3.34. The molecule has 132 valence electrons. The number of nitriles is 1. The number of hydrogen-bond donors (Lipinski definition) is 1. The molecule has 0 fully saturated rings. The monoisotopic (exact) mass is 373 g/mol. The summed E-state index contributed by atoms with van der Waals surface area (Å²) in [4.78, 5) is 34.4. The predicted octanol–water partition coefficient (Wildman–Crippen LogP) is 3.30. The van der Waals surface area contributed by atoms with Crippen LogP contribution in [0.4, 0.5) is 11.4 Å². The Hall–Kier alpha value is -3.44. The molecule has 0 aliphatic rings. The normalized spacial score (nSPS) is 11.1. The number of nitrogens with zero attached hydrogens (tertiary/aromatic N) is 2. The quantitative estimate of drug-likeness (QED) is 0.487. The number of nitro groups is 1. The van der Waals surface area contributed by atoms with Gasteiger partial charge in [0.15, 0.2) is 6.10 Å². The number of anilines is 1. The third kappa shape index (κ3) is 4.34. The molecule has 0 saturated carbocycles. The largest absolute Gasteiger partial charge is 0.449 e. The number of carbonyl (C=O) groups is 2. The van der Waals surface area contributed by atoms with Gasteiger partial charge in [0, 0.05) is 6.07 Å². The lowest BCUT2D eigenvalue weighted by Crippen LogP contribution is -2.30. The zero-order valence-electron chi connectivity index (χ0n) is 13.4. The molecule has 0 saturated heterocycles. The molecule has 1 atom stereocenters. The van der Waals surface area contributed by atoms with E-state index in [1.54, 1.807) is 12.1 Å². The van der Waals surface area contributed by atoms with Gasteiger partial charge >= 0.3 is 5.97 Å². The predicted molar refractivity (Wildman–Crippen MR) is 92.8 cm³/mol. The third-order valence-corrected chi connectivity index (χ3v) is 3.66. The number of para-hydroxylation sites is 1. The van der Waals surface area contributed by atoms with Crippen molar-refractivity contribution in [2.24, 2.45) is 0 Å². The number of hydrogen-bond acceptors (Lipinski definition) is 6. The van der Waals surface area contributed by atoms with Crippen LogP contribution in [0, 0.1) is 21.4 Å². The second kappa shape index (κ2) is 8.09. The summed E-state index contributed by atoms with van der Waals surface area (Å²) >= 11 is 5.69. The van der Waals surface area contributed by atoms with Gasteiger partial charge in [-0.2, -0.15) is 5.26 Å². The van der Waals surface area contributed by atoms with Gasteiger partial charge in [-0.3, -0.25) is 14.9 Å². The number of nitrogens with one attached hydrogen (secondary N) is 1. The van der Waals surface area contributed by atoms with Crippen molar-refractivity contribution in [2.75, 3.05) is 5.32 Å². The maximum atomic E-state index is 12.1. The summed E-state index contributed by atoms with van der Waals surface area (Å²) < 4.78 is 5.02. The van der Waals surface area contributed by atoms with Crippen LogP contribution in [0.2, 0.25) is 5.02 Å². The average Bonchev–Trinajstić information content (AvgIpc) is 2.62. The topological polar surface area (TPSA) is 122 Å². The van der Waals surface area contributed by atoms with E-state index in [1.165, 1.54) is 31.2 Å². The van der Waals surface area contributed by atoms with Gasteiger partial charge in [-0.05, 0) is 31.2 Å². The molecule has 1 N–H and O–H groups in total. The van der Waals surface area contributed by atoms with Crippen LogP contribution in [0.15, 0.2) is 42.5 Å². The summed E-state index contributed by atoms with van der Waals surface area (Å²) in [6.45, 7) is 1.34. The lowest BCUT2D eigenvalue weighted by molar-refractivity contribution is -0.384. The first-order valence-electron chi connectivity index (χ1n) is 7.28. The van der Waals surface area contributed by atoms with Crippen molar-refractivity contribution in [3.8, 4) is 6.07 Å². The lowest BCUT2D eigenvalue weighted by Gasteiger charge is -2.14. The van der Waals surface area contributed by atoms with Crippen molar-refractivity contribution in [2.45, 2.75) is 13.0 Å². The van der Waals surface area contributed by atoms with E-state index in [1.807, 2.05) is 6.07 Å². The Balaban J connectivity index is 2.09. The first kappa shape index (κ1) is 18.9. The molecule has 26 heavy (non-hydrogen) atoms. The molecule has 0 heterocycles. The molecule has 0 aromatic heterocycles. The van der Waals surface area contributed by atoms with Gasteiger partial charge in [-0.1, -0.05) is 23.7 Å². The highest BCUT2D eigenvalue weighted by molar-refractivity contribution is 6.32. The Morgan fingerprint density at radius 1 is 1.31 bits per heavy atom. The van der Waals surface area contributed by atoms with E-state index in [-0.39, 0.29) is 21.8 Å². The van der Waals surface area contributed by atoms with Gasteiger partial charge in [-0.25, -0.2) is 4.79 Å². The molecule has 9 heteroatoms. The van der Waals surface area contributed by atoms with Crippen molar-refractivity contribution < 1.29 is 19.2 Å². The first-order chi connectivity index (χ1) is 12.3. The summed E-state index contributed by atoms with van der Waals surface area (Å²) in [7, 11) is 0. The van der Waals surface area contributed by atoms with Crippen LogP contribution in [0.5, 0.6) is 0 Å². The van der Waals surface area contributed by atoms with E-state index in [0.29, 0.717) is 0 Å². The van der Waals surface area contributed by atoms with Gasteiger partial charge in [0.2, 0.25) is 0 Å². The van der Waals surface area contributed by atoms with Crippen LogP contribution < -0.4 is 5.32 Å². The Morgan fingerprint density at radius 3 is 2.65 bits per heavy atom. The molecule has 0 bridgehead atoms. The molecule has 2 rings (SSSR count). The van der Waals surface area contributed by atoms with Crippen LogP contribution in [-0.2, 0) is 9.53 Å². The number of nitro benzene ring substituents is 1. The highest BCUT2D eigenvalue weighted by Gasteiger charge is 2.22. The highest BCUT2D eigenvalue weighted by Crippen LogP contribution is 2.25. The molecule has 0 aliphatic heterocycles. The number of amides is 1. The molecule has 0 spiro atoms. The molecule has 2 aromatic carbocycles. The lowest BCUT2D eigenvalue weighted by atomic mass is 10.2. The van der Waals surface area contributed by atoms with Crippen molar-refractivity contribution in [1.29, 1.82) is 5.26 Å². The van der Waals surface area contributed by atoms with E-state index in [0.717, 1.165) is 6.07 Å². The van der Waals surface area contributed by atoms with Crippen molar-refractivity contribution in [3.63, 3.8) is 0 Å². The molecular formula is C17H12ClN3O5. The summed E-state index contributed by atoms with van der Waals surface area (Å²) in [5.41, 5.74) is -0.0166. The van der Waals surface area contributed by atoms with Crippen molar-refractivity contribution in [3.05, 3.63) is 68.7 Å². The zero-order chi connectivity index (χ0) is 19.3. The Morgan fingerprint density at radius 2 is 2.00 bits per heavy atom. The van der Waals surface area contributed by atoms with Gasteiger partial charge in [-0.15, -0.1) is 0 Å². The van der Waals surface area contributed by atoms with Crippen LogP contribution >= 0.6 is 11.6 Å². The number of ether oxygens (including phenoxy) is 1. The van der Waals surface area contributed by atoms with Gasteiger partial charge < -0.3 is 10.1 Å². The average molecular weight is 374 g/mol. The Kier molecular flexibility index (Phi) is 5.88. The van der Waals surface area contributed by atoms with Crippen molar-refractivity contribution >= 4 is 34.9 Å². The number of esters is 1. The number of benzene rings is 2. The van der Waals surface area contributed by atoms with Gasteiger partial charge in [0.25, 0.3) is 11.6 Å². The SMILES string of the molecule is C[C@@H](OC(=O)c1ccc(Cl)c([N+](=O)[O-])c1)C(=O)Nc1ccccc1C#N. The van der Waals surface area contributed by atoms with E-state index < -0.39 is 28.6 Å². The Labute approximate surface area is 153 Å². The molecule has 8 nitrogen and oxygen atoms in total. The first-order valence-corrected chi connectivity index (χ1v) is 7.66. The maximum absolute atomic E-state index is 12.1. The van der Waals surface area contributed by atoms with E-state index in [4.69, 9.17) is 21.6 Å². The second-order valence-corrected chi connectivity index (χ2v) is 5.52. The minimum absolute atomic E-state index is 0.113. The Bertz CT molecular complexity index is 923. The summed E-state index contributed by atoms with van der Waals surface area (Å²) in [6, 6.07) is 11.7. The van der Waals surface area contributed by atoms with Crippen LogP contribution in [0.1, 0.15) is 22.8 Å². The van der Waals surface area contributed by atoms with Crippen LogP contribution in [0.3, 0.4) is 0 Å². The molecule has 2 aromatic rings. The fourth-order valence-corrected chi connectivity index (χ4v) is 2.17. The van der Waals surface area contributed by atoms with Gasteiger partial charge in [0.05, 0.1) is 21.7 Å². The molecular weight excluding hydrogens is 362 g/mol. The van der Waals surface area contributed by atoms with E-state index >= 15 is 0 Å². The highest BCUT2D eigenvalue weighted by atomic mass is 35.5. The molecule has 1 amide bonds. The molecule has 0 radical (unpaired) electrons. The minimum atomic E-state index is -1.19. The summed E-state index contributed by atoms with van der Waals surface area (Å²) in [5, 5.41) is 22.2. The molecule has 0 aliphatic carbocycles. The number of rotatable bonds is 5.